The minimum atomic E-state index is 0.499. The van der Waals surface area contributed by atoms with Crippen LogP contribution < -0.4 is 11.1 Å². The first-order valence-corrected chi connectivity index (χ1v) is 6.64. The van der Waals surface area contributed by atoms with Crippen LogP contribution in [0.2, 0.25) is 0 Å². The molecule has 0 aliphatic heterocycles. The van der Waals surface area contributed by atoms with Crippen molar-refractivity contribution in [2.75, 3.05) is 11.1 Å². The average Bonchev–Trinajstić information content (AvgIpc) is 2.30. The Balaban J connectivity index is 2.07. The SMILES string of the molecule is CC1CC(C)CC(Nc2ccc(C#N)cc2N)C1. The van der Waals surface area contributed by atoms with Crippen LogP contribution in [0.15, 0.2) is 18.2 Å². The van der Waals surface area contributed by atoms with E-state index in [1.165, 1.54) is 19.3 Å². The van der Waals surface area contributed by atoms with Crippen molar-refractivity contribution in [2.45, 2.75) is 39.2 Å². The molecule has 1 aliphatic carbocycles. The Bertz CT molecular complexity index is 451. The third-order valence-corrected chi connectivity index (χ3v) is 3.72. The van der Waals surface area contributed by atoms with Crippen LogP contribution in [0.5, 0.6) is 0 Å². The normalized spacial score (nSPS) is 27.5. The van der Waals surface area contributed by atoms with Gasteiger partial charge in [-0.25, -0.2) is 0 Å². The molecular formula is C15H21N3. The van der Waals surface area contributed by atoms with Gasteiger partial charge < -0.3 is 11.1 Å². The monoisotopic (exact) mass is 243 g/mol. The lowest BCUT2D eigenvalue weighted by Crippen LogP contribution is -2.30. The molecule has 3 N–H and O–H groups in total. The molecule has 0 radical (unpaired) electrons. The predicted molar refractivity (Wildman–Crippen MR) is 75.2 cm³/mol. The molecule has 2 unspecified atom stereocenters. The van der Waals surface area contributed by atoms with Crippen LogP contribution >= 0.6 is 0 Å². The summed E-state index contributed by atoms with van der Waals surface area (Å²) in [5.74, 6) is 1.54. The number of rotatable bonds is 2. The number of nitrogens with zero attached hydrogens (tertiary/aromatic N) is 1. The molecular weight excluding hydrogens is 222 g/mol. The molecule has 2 rings (SSSR count). The Morgan fingerprint density at radius 3 is 2.44 bits per heavy atom. The predicted octanol–water partition coefficient (Wildman–Crippen LogP) is 3.38. The highest BCUT2D eigenvalue weighted by Crippen LogP contribution is 2.31. The van der Waals surface area contributed by atoms with Gasteiger partial charge in [-0.3, -0.25) is 0 Å². The molecule has 3 nitrogen and oxygen atoms in total. The minimum Gasteiger partial charge on any atom is -0.397 e. The second-order valence-electron chi connectivity index (χ2n) is 5.67. The number of hydrogen-bond acceptors (Lipinski definition) is 3. The summed E-state index contributed by atoms with van der Waals surface area (Å²) in [6, 6.07) is 8.07. The van der Waals surface area contributed by atoms with Gasteiger partial charge in [0.2, 0.25) is 0 Å². The van der Waals surface area contributed by atoms with E-state index in [4.69, 9.17) is 11.0 Å². The fourth-order valence-corrected chi connectivity index (χ4v) is 3.05. The minimum absolute atomic E-state index is 0.499. The van der Waals surface area contributed by atoms with Crippen LogP contribution in [0.3, 0.4) is 0 Å². The fraction of sp³-hybridized carbons (Fsp3) is 0.533. The van der Waals surface area contributed by atoms with E-state index in [1.807, 2.05) is 12.1 Å². The molecule has 0 amide bonds. The van der Waals surface area contributed by atoms with Gasteiger partial charge >= 0.3 is 0 Å². The summed E-state index contributed by atoms with van der Waals surface area (Å²) in [5.41, 5.74) is 8.21. The molecule has 18 heavy (non-hydrogen) atoms. The van der Waals surface area contributed by atoms with Gasteiger partial charge in [0, 0.05) is 6.04 Å². The van der Waals surface area contributed by atoms with Gasteiger partial charge in [0.15, 0.2) is 0 Å². The summed E-state index contributed by atoms with van der Waals surface area (Å²) < 4.78 is 0. The Morgan fingerprint density at radius 2 is 1.89 bits per heavy atom. The molecule has 0 bridgehead atoms. The molecule has 1 aromatic carbocycles. The van der Waals surface area contributed by atoms with E-state index >= 15 is 0 Å². The topological polar surface area (TPSA) is 61.8 Å². The van der Waals surface area contributed by atoms with Crippen LogP contribution in [0.25, 0.3) is 0 Å². The first kappa shape index (κ1) is 12.8. The lowest BCUT2D eigenvalue weighted by atomic mass is 9.80. The van der Waals surface area contributed by atoms with Crippen molar-refractivity contribution >= 4 is 11.4 Å². The molecule has 1 aliphatic rings. The first-order chi connectivity index (χ1) is 8.58. The number of nitriles is 1. The average molecular weight is 243 g/mol. The molecule has 96 valence electrons. The molecule has 0 saturated heterocycles. The number of benzene rings is 1. The van der Waals surface area contributed by atoms with E-state index in [-0.39, 0.29) is 0 Å². The zero-order valence-electron chi connectivity index (χ0n) is 11.1. The van der Waals surface area contributed by atoms with Gasteiger partial charge in [0.1, 0.15) is 0 Å². The summed E-state index contributed by atoms with van der Waals surface area (Å²) in [7, 11) is 0. The van der Waals surface area contributed by atoms with Crippen molar-refractivity contribution in [1.82, 2.24) is 0 Å². The lowest BCUT2D eigenvalue weighted by molar-refractivity contribution is 0.281. The van der Waals surface area contributed by atoms with Gasteiger partial charge in [-0.15, -0.1) is 0 Å². The number of nitrogen functional groups attached to an aromatic ring is 1. The third kappa shape index (κ3) is 2.95. The second-order valence-corrected chi connectivity index (χ2v) is 5.67. The standard InChI is InChI=1S/C15H21N3/c1-10-5-11(2)7-13(6-10)18-15-4-3-12(9-16)8-14(15)17/h3-4,8,10-11,13,18H,5-7,17H2,1-2H3. The van der Waals surface area contributed by atoms with Crippen LogP contribution in [-0.4, -0.2) is 6.04 Å². The van der Waals surface area contributed by atoms with Crippen molar-refractivity contribution in [3.05, 3.63) is 23.8 Å². The summed E-state index contributed by atoms with van der Waals surface area (Å²) in [6.45, 7) is 4.62. The maximum atomic E-state index is 8.82. The number of nitrogens with one attached hydrogen (secondary N) is 1. The molecule has 0 heterocycles. The van der Waals surface area contributed by atoms with Crippen molar-refractivity contribution in [2.24, 2.45) is 11.8 Å². The third-order valence-electron chi connectivity index (χ3n) is 3.72. The largest absolute Gasteiger partial charge is 0.397 e. The Labute approximate surface area is 109 Å². The Morgan fingerprint density at radius 1 is 1.22 bits per heavy atom. The van der Waals surface area contributed by atoms with Crippen LogP contribution in [-0.2, 0) is 0 Å². The van der Waals surface area contributed by atoms with Crippen LogP contribution in [0.1, 0.15) is 38.7 Å². The highest BCUT2D eigenvalue weighted by atomic mass is 14.9. The fourth-order valence-electron chi connectivity index (χ4n) is 3.05. The molecule has 1 saturated carbocycles. The highest BCUT2D eigenvalue weighted by Gasteiger charge is 2.24. The first-order valence-electron chi connectivity index (χ1n) is 6.64. The molecule has 0 aromatic heterocycles. The number of nitrogens with two attached hydrogens (primary N) is 1. The quantitative estimate of drug-likeness (QED) is 0.783. The Kier molecular flexibility index (Phi) is 3.76. The molecule has 1 aromatic rings. The number of anilines is 2. The van der Waals surface area contributed by atoms with Gasteiger partial charge in [-0.1, -0.05) is 13.8 Å². The van der Waals surface area contributed by atoms with E-state index in [9.17, 15) is 0 Å². The smallest absolute Gasteiger partial charge is 0.0992 e. The summed E-state index contributed by atoms with van der Waals surface area (Å²) in [5, 5.41) is 12.3. The van der Waals surface area contributed by atoms with Crippen molar-refractivity contribution in [3.63, 3.8) is 0 Å². The van der Waals surface area contributed by atoms with E-state index in [1.54, 1.807) is 6.07 Å². The maximum Gasteiger partial charge on any atom is 0.0992 e. The van der Waals surface area contributed by atoms with Gasteiger partial charge in [0.25, 0.3) is 0 Å². The van der Waals surface area contributed by atoms with E-state index in [2.05, 4.69) is 25.2 Å². The van der Waals surface area contributed by atoms with Crippen molar-refractivity contribution < 1.29 is 0 Å². The summed E-state index contributed by atoms with van der Waals surface area (Å²) >= 11 is 0. The van der Waals surface area contributed by atoms with Crippen LogP contribution in [0.4, 0.5) is 11.4 Å². The van der Waals surface area contributed by atoms with Gasteiger partial charge in [-0.05, 0) is 49.3 Å². The van der Waals surface area contributed by atoms with Gasteiger partial charge in [0.05, 0.1) is 23.0 Å². The molecule has 1 fully saturated rings. The molecule has 0 spiro atoms. The zero-order chi connectivity index (χ0) is 13.1. The molecule has 3 heteroatoms. The van der Waals surface area contributed by atoms with E-state index in [0.717, 1.165) is 17.5 Å². The second kappa shape index (κ2) is 5.30. The van der Waals surface area contributed by atoms with Crippen molar-refractivity contribution in [1.29, 1.82) is 5.26 Å². The van der Waals surface area contributed by atoms with E-state index < -0.39 is 0 Å². The highest BCUT2D eigenvalue weighted by molar-refractivity contribution is 5.68. The zero-order valence-corrected chi connectivity index (χ0v) is 11.1. The summed E-state index contributed by atoms with van der Waals surface area (Å²) in [4.78, 5) is 0. The lowest BCUT2D eigenvalue weighted by Gasteiger charge is -2.32. The van der Waals surface area contributed by atoms with Crippen molar-refractivity contribution in [3.8, 4) is 6.07 Å². The molecule has 2 atom stereocenters. The van der Waals surface area contributed by atoms with Gasteiger partial charge in [-0.2, -0.15) is 5.26 Å². The van der Waals surface area contributed by atoms with E-state index in [0.29, 0.717) is 17.3 Å². The van der Waals surface area contributed by atoms with Crippen LogP contribution in [0, 0.1) is 23.2 Å². The number of hydrogen-bond donors (Lipinski definition) is 2. The summed E-state index contributed by atoms with van der Waals surface area (Å²) in [6.07, 6.45) is 3.72. The maximum absolute atomic E-state index is 8.82. The Hall–Kier alpha value is -1.69.